The third-order valence-electron chi connectivity index (χ3n) is 4.01. The molecule has 0 unspecified atom stereocenters. The van der Waals surface area contributed by atoms with E-state index in [-0.39, 0.29) is 6.09 Å². The average molecular weight is 333 g/mol. The molecule has 1 aromatic heterocycles. The number of hydrogen-bond acceptors (Lipinski definition) is 4. The molecule has 0 saturated carbocycles. The molecule has 0 atom stereocenters. The van der Waals surface area contributed by atoms with Crippen molar-refractivity contribution in [2.45, 2.75) is 32.2 Å². The fourth-order valence-electron chi connectivity index (χ4n) is 2.68. The lowest BCUT2D eigenvalue weighted by Gasteiger charge is -2.32. The number of hydrogen-bond donors (Lipinski definition) is 2. The van der Waals surface area contributed by atoms with Crippen LogP contribution in [0, 0.1) is 0 Å². The summed E-state index contributed by atoms with van der Waals surface area (Å²) in [6, 6.07) is 4.33. The Morgan fingerprint density at radius 3 is 2.88 bits per heavy atom. The van der Waals surface area contributed by atoms with Crippen molar-refractivity contribution in [3.63, 3.8) is 0 Å². The van der Waals surface area contributed by atoms with Crippen LogP contribution in [0.15, 0.2) is 29.5 Å². The lowest BCUT2D eigenvalue weighted by molar-refractivity contribution is 0.0963. The van der Waals surface area contributed by atoms with Gasteiger partial charge in [-0.1, -0.05) is 6.07 Å². The Balaban J connectivity index is 1.69. The Bertz CT molecular complexity index is 527. The molecule has 1 aliphatic rings. The monoisotopic (exact) mass is 333 g/mol. The standard InChI is InChI=1S/C17H27N5O2/c1-3-24-17(23)22-11-7-15(8-12-22)21-16(18-2)20-10-6-14-5-4-9-19-13-14/h4-5,9,13,15H,3,6-8,10-12H2,1-2H3,(H2,18,20,21). The molecule has 1 amide bonds. The van der Waals surface area contributed by atoms with Gasteiger partial charge >= 0.3 is 6.09 Å². The number of nitrogens with zero attached hydrogens (tertiary/aromatic N) is 3. The van der Waals surface area contributed by atoms with Gasteiger partial charge in [0.1, 0.15) is 0 Å². The molecule has 1 saturated heterocycles. The summed E-state index contributed by atoms with van der Waals surface area (Å²) in [5.41, 5.74) is 1.20. The number of carbonyl (C=O) groups is 1. The van der Waals surface area contributed by atoms with E-state index in [1.807, 2.05) is 19.2 Å². The topological polar surface area (TPSA) is 78.8 Å². The van der Waals surface area contributed by atoms with Crippen LogP contribution in [0.2, 0.25) is 0 Å². The SMILES string of the molecule is CCOC(=O)N1CCC(NC(=NC)NCCc2cccnc2)CC1. The van der Waals surface area contributed by atoms with Gasteiger partial charge in [-0.15, -0.1) is 0 Å². The van der Waals surface area contributed by atoms with E-state index in [1.165, 1.54) is 5.56 Å². The van der Waals surface area contributed by atoms with Crippen molar-refractivity contribution >= 4 is 12.1 Å². The maximum Gasteiger partial charge on any atom is 0.409 e. The molecule has 0 bridgehead atoms. The Kier molecular flexibility index (Phi) is 7.32. The summed E-state index contributed by atoms with van der Waals surface area (Å²) in [5, 5.41) is 6.75. The van der Waals surface area contributed by atoms with Crippen molar-refractivity contribution in [2.24, 2.45) is 4.99 Å². The quantitative estimate of drug-likeness (QED) is 0.629. The smallest absolute Gasteiger partial charge is 0.409 e. The van der Waals surface area contributed by atoms with Crippen molar-refractivity contribution in [2.75, 3.05) is 33.3 Å². The van der Waals surface area contributed by atoms with E-state index in [4.69, 9.17) is 4.74 Å². The fraction of sp³-hybridized carbons (Fsp3) is 0.588. The summed E-state index contributed by atoms with van der Waals surface area (Å²) >= 11 is 0. The Morgan fingerprint density at radius 1 is 1.46 bits per heavy atom. The molecule has 2 rings (SSSR count). The first-order valence-corrected chi connectivity index (χ1v) is 8.50. The molecule has 0 spiro atoms. The number of aromatic nitrogens is 1. The molecule has 24 heavy (non-hydrogen) atoms. The molecule has 1 aliphatic heterocycles. The van der Waals surface area contributed by atoms with Gasteiger partial charge in [0.15, 0.2) is 5.96 Å². The van der Waals surface area contributed by atoms with Gasteiger partial charge in [-0.2, -0.15) is 0 Å². The first kappa shape index (κ1) is 18.0. The highest BCUT2D eigenvalue weighted by Gasteiger charge is 2.23. The zero-order valence-electron chi connectivity index (χ0n) is 14.5. The summed E-state index contributed by atoms with van der Waals surface area (Å²) in [4.78, 5) is 21.9. The Morgan fingerprint density at radius 2 is 2.25 bits per heavy atom. The van der Waals surface area contributed by atoms with Crippen LogP contribution in [0.25, 0.3) is 0 Å². The van der Waals surface area contributed by atoms with Gasteiger partial charge < -0.3 is 20.3 Å². The molecular weight excluding hydrogens is 306 g/mol. The number of aliphatic imine (C=N–C) groups is 1. The van der Waals surface area contributed by atoms with Gasteiger partial charge in [-0.05, 0) is 37.8 Å². The number of amides is 1. The van der Waals surface area contributed by atoms with E-state index in [9.17, 15) is 4.79 Å². The third kappa shape index (κ3) is 5.72. The number of pyridine rings is 1. The summed E-state index contributed by atoms with van der Waals surface area (Å²) in [7, 11) is 1.77. The van der Waals surface area contributed by atoms with Crippen LogP contribution in [-0.2, 0) is 11.2 Å². The van der Waals surface area contributed by atoms with Gasteiger partial charge in [0.25, 0.3) is 0 Å². The van der Waals surface area contributed by atoms with Crippen molar-refractivity contribution in [1.29, 1.82) is 0 Å². The summed E-state index contributed by atoms with van der Waals surface area (Å²) in [6.07, 6.45) is 6.12. The first-order chi connectivity index (χ1) is 11.7. The van der Waals surface area contributed by atoms with Crippen molar-refractivity contribution in [3.05, 3.63) is 30.1 Å². The van der Waals surface area contributed by atoms with Crippen LogP contribution in [0.3, 0.4) is 0 Å². The zero-order chi connectivity index (χ0) is 17.2. The molecule has 0 aliphatic carbocycles. The number of ether oxygens (including phenoxy) is 1. The lowest BCUT2D eigenvalue weighted by atomic mass is 10.1. The second kappa shape index (κ2) is 9.75. The van der Waals surface area contributed by atoms with Gasteiger partial charge in [-0.25, -0.2) is 4.79 Å². The predicted octanol–water partition coefficient (Wildman–Crippen LogP) is 1.41. The highest BCUT2D eigenvalue weighted by molar-refractivity contribution is 5.80. The van der Waals surface area contributed by atoms with E-state index in [1.54, 1.807) is 18.1 Å². The van der Waals surface area contributed by atoms with Gasteiger partial charge in [0, 0.05) is 45.1 Å². The molecular formula is C17H27N5O2. The van der Waals surface area contributed by atoms with Crippen LogP contribution in [0.1, 0.15) is 25.3 Å². The minimum absolute atomic E-state index is 0.213. The summed E-state index contributed by atoms with van der Waals surface area (Å²) in [5.74, 6) is 0.800. The molecule has 0 aromatic carbocycles. The normalized spacial score (nSPS) is 15.9. The van der Waals surface area contributed by atoms with E-state index in [0.29, 0.717) is 25.7 Å². The first-order valence-electron chi connectivity index (χ1n) is 8.50. The molecule has 1 aromatic rings. The van der Waals surface area contributed by atoms with E-state index >= 15 is 0 Å². The highest BCUT2D eigenvalue weighted by Crippen LogP contribution is 2.11. The van der Waals surface area contributed by atoms with Crippen LogP contribution in [-0.4, -0.2) is 61.3 Å². The largest absolute Gasteiger partial charge is 0.450 e. The average Bonchev–Trinajstić information content (AvgIpc) is 2.62. The highest BCUT2D eigenvalue weighted by atomic mass is 16.6. The second-order valence-corrected chi connectivity index (χ2v) is 5.71. The number of rotatable bonds is 5. The molecule has 7 heteroatoms. The Hall–Kier alpha value is -2.31. The van der Waals surface area contributed by atoms with Crippen LogP contribution in [0.4, 0.5) is 4.79 Å². The van der Waals surface area contributed by atoms with Crippen molar-refractivity contribution in [1.82, 2.24) is 20.5 Å². The zero-order valence-corrected chi connectivity index (χ0v) is 14.5. The van der Waals surface area contributed by atoms with Crippen molar-refractivity contribution in [3.8, 4) is 0 Å². The van der Waals surface area contributed by atoms with Crippen LogP contribution < -0.4 is 10.6 Å². The third-order valence-corrected chi connectivity index (χ3v) is 4.01. The number of nitrogens with one attached hydrogen (secondary N) is 2. The molecule has 7 nitrogen and oxygen atoms in total. The lowest BCUT2D eigenvalue weighted by Crippen LogP contribution is -2.50. The number of guanidine groups is 1. The minimum Gasteiger partial charge on any atom is -0.450 e. The number of piperidine rings is 1. The van der Waals surface area contributed by atoms with Crippen LogP contribution >= 0.6 is 0 Å². The van der Waals surface area contributed by atoms with E-state index in [0.717, 1.165) is 31.8 Å². The van der Waals surface area contributed by atoms with Gasteiger partial charge in [-0.3, -0.25) is 9.98 Å². The fourth-order valence-corrected chi connectivity index (χ4v) is 2.68. The van der Waals surface area contributed by atoms with Gasteiger partial charge in [0.2, 0.25) is 0 Å². The molecule has 2 heterocycles. The van der Waals surface area contributed by atoms with E-state index in [2.05, 4.69) is 26.7 Å². The molecule has 1 fully saturated rings. The number of carbonyl (C=O) groups excluding carboxylic acids is 1. The number of likely N-dealkylation sites (tertiary alicyclic amines) is 1. The predicted molar refractivity (Wildman–Crippen MR) is 94.1 cm³/mol. The minimum atomic E-state index is -0.213. The maximum atomic E-state index is 11.7. The second-order valence-electron chi connectivity index (χ2n) is 5.71. The van der Waals surface area contributed by atoms with Crippen LogP contribution in [0.5, 0.6) is 0 Å². The summed E-state index contributed by atoms with van der Waals surface area (Å²) < 4.78 is 5.04. The molecule has 0 radical (unpaired) electrons. The van der Waals surface area contributed by atoms with E-state index < -0.39 is 0 Å². The molecule has 132 valence electrons. The maximum absolute atomic E-state index is 11.7. The van der Waals surface area contributed by atoms with Gasteiger partial charge in [0.05, 0.1) is 6.61 Å². The van der Waals surface area contributed by atoms with Crippen molar-refractivity contribution < 1.29 is 9.53 Å². The Labute approximate surface area is 143 Å². The molecule has 2 N–H and O–H groups in total. The summed E-state index contributed by atoms with van der Waals surface area (Å²) in [6.45, 7) is 4.47.